The van der Waals surface area contributed by atoms with Crippen LogP contribution in [0.4, 0.5) is 0 Å². The standard InChI is InChI=1S/C10H12N4O4S/c15-10(16)8-5-7(6-13-8)19(17,18)14-2-1-9-11-3-4-12-9/h3-6,13-14H,1-2H2,(H,11,12)(H,15,16). The zero-order valence-corrected chi connectivity index (χ0v) is 10.6. The number of nitrogens with zero attached hydrogens (tertiary/aromatic N) is 1. The van der Waals surface area contributed by atoms with Crippen LogP contribution < -0.4 is 4.72 Å². The molecule has 0 aromatic carbocycles. The molecule has 0 radical (unpaired) electrons. The first-order valence-corrected chi connectivity index (χ1v) is 6.87. The molecule has 0 amide bonds. The van der Waals surface area contributed by atoms with Gasteiger partial charge in [0, 0.05) is 31.6 Å². The lowest BCUT2D eigenvalue weighted by molar-refractivity contribution is 0.0691. The van der Waals surface area contributed by atoms with Crippen molar-refractivity contribution in [3.63, 3.8) is 0 Å². The lowest BCUT2D eigenvalue weighted by atomic mass is 10.4. The van der Waals surface area contributed by atoms with Crippen LogP contribution in [0.5, 0.6) is 0 Å². The van der Waals surface area contributed by atoms with Crippen molar-refractivity contribution >= 4 is 16.0 Å². The van der Waals surface area contributed by atoms with Crippen LogP contribution in [0.1, 0.15) is 16.3 Å². The minimum Gasteiger partial charge on any atom is -0.477 e. The predicted molar refractivity (Wildman–Crippen MR) is 65.2 cm³/mol. The van der Waals surface area contributed by atoms with Gasteiger partial charge in [-0.3, -0.25) is 0 Å². The van der Waals surface area contributed by atoms with Crippen LogP contribution in [0.25, 0.3) is 0 Å². The van der Waals surface area contributed by atoms with E-state index in [-0.39, 0.29) is 17.1 Å². The Labute approximate surface area is 108 Å². The molecule has 19 heavy (non-hydrogen) atoms. The summed E-state index contributed by atoms with van der Waals surface area (Å²) in [5, 5.41) is 8.71. The van der Waals surface area contributed by atoms with E-state index in [0.29, 0.717) is 12.2 Å². The molecule has 0 saturated heterocycles. The van der Waals surface area contributed by atoms with Gasteiger partial charge in [0.1, 0.15) is 16.4 Å². The number of hydrogen-bond acceptors (Lipinski definition) is 4. The van der Waals surface area contributed by atoms with Crippen molar-refractivity contribution < 1.29 is 18.3 Å². The van der Waals surface area contributed by atoms with E-state index >= 15 is 0 Å². The Morgan fingerprint density at radius 3 is 2.79 bits per heavy atom. The molecule has 0 fully saturated rings. The minimum absolute atomic E-state index is 0.107. The van der Waals surface area contributed by atoms with Gasteiger partial charge in [-0.25, -0.2) is 22.9 Å². The molecule has 102 valence electrons. The molecule has 2 aromatic rings. The Hall–Kier alpha value is -2.13. The zero-order valence-electron chi connectivity index (χ0n) is 9.75. The highest BCUT2D eigenvalue weighted by Gasteiger charge is 2.17. The van der Waals surface area contributed by atoms with Crippen LogP contribution in [0, 0.1) is 0 Å². The molecule has 0 spiro atoms. The third kappa shape index (κ3) is 3.20. The molecular weight excluding hydrogens is 272 g/mol. The third-order valence-corrected chi connectivity index (χ3v) is 3.85. The maximum absolute atomic E-state index is 11.8. The second kappa shape index (κ2) is 5.24. The highest BCUT2D eigenvalue weighted by atomic mass is 32.2. The smallest absolute Gasteiger partial charge is 0.352 e. The summed E-state index contributed by atoms with van der Waals surface area (Å²) < 4.78 is 26.0. The number of sulfonamides is 1. The number of hydrogen-bond donors (Lipinski definition) is 4. The van der Waals surface area contributed by atoms with Crippen molar-refractivity contribution in [2.75, 3.05) is 6.54 Å². The molecule has 8 nitrogen and oxygen atoms in total. The molecule has 9 heteroatoms. The second-order valence-electron chi connectivity index (χ2n) is 3.74. The summed E-state index contributed by atoms with van der Waals surface area (Å²) in [4.78, 5) is 19.7. The molecule has 2 rings (SSSR count). The van der Waals surface area contributed by atoms with Crippen molar-refractivity contribution in [3.05, 3.63) is 36.2 Å². The number of carboxylic acids is 1. The Kier molecular flexibility index (Phi) is 3.67. The van der Waals surface area contributed by atoms with Gasteiger partial charge in [-0.2, -0.15) is 0 Å². The van der Waals surface area contributed by atoms with Gasteiger partial charge in [-0.1, -0.05) is 0 Å². The van der Waals surface area contributed by atoms with E-state index in [1.54, 1.807) is 12.4 Å². The summed E-state index contributed by atoms with van der Waals surface area (Å²) in [6.45, 7) is 0.170. The van der Waals surface area contributed by atoms with Crippen molar-refractivity contribution in [1.29, 1.82) is 0 Å². The summed E-state index contributed by atoms with van der Waals surface area (Å²) >= 11 is 0. The molecule has 0 aliphatic rings. The average molecular weight is 284 g/mol. The fraction of sp³-hybridized carbons (Fsp3) is 0.200. The van der Waals surface area contributed by atoms with E-state index in [1.165, 1.54) is 0 Å². The summed E-state index contributed by atoms with van der Waals surface area (Å²) in [5.74, 6) is -0.542. The highest BCUT2D eigenvalue weighted by molar-refractivity contribution is 7.89. The molecular formula is C10H12N4O4S. The fourth-order valence-corrected chi connectivity index (χ4v) is 2.50. The van der Waals surface area contributed by atoms with Gasteiger partial charge < -0.3 is 15.1 Å². The number of carbonyl (C=O) groups is 1. The van der Waals surface area contributed by atoms with E-state index in [0.717, 1.165) is 12.3 Å². The normalized spacial score (nSPS) is 11.6. The Bertz CT molecular complexity index is 660. The van der Waals surface area contributed by atoms with Crippen molar-refractivity contribution in [3.8, 4) is 0 Å². The molecule has 2 heterocycles. The van der Waals surface area contributed by atoms with Crippen molar-refractivity contribution in [1.82, 2.24) is 19.7 Å². The molecule has 0 saturated carbocycles. The first-order valence-electron chi connectivity index (χ1n) is 5.38. The van der Waals surface area contributed by atoms with E-state index < -0.39 is 16.0 Å². The minimum atomic E-state index is -3.71. The number of aromatic carboxylic acids is 1. The number of nitrogens with one attached hydrogen (secondary N) is 3. The van der Waals surface area contributed by atoms with Crippen LogP contribution in [-0.4, -0.2) is 41.0 Å². The quantitative estimate of drug-likeness (QED) is 0.591. The van der Waals surface area contributed by atoms with Gasteiger partial charge in [0.25, 0.3) is 0 Å². The molecule has 0 aliphatic heterocycles. The Morgan fingerprint density at radius 1 is 1.42 bits per heavy atom. The van der Waals surface area contributed by atoms with Gasteiger partial charge in [-0.15, -0.1) is 0 Å². The first-order chi connectivity index (χ1) is 8.99. The summed E-state index contributed by atoms with van der Waals surface area (Å²) in [7, 11) is -3.71. The number of aromatic nitrogens is 3. The second-order valence-corrected chi connectivity index (χ2v) is 5.50. The summed E-state index contributed by atoms with van der Waals surface area (Å²) in [6, 6.07) is 1.07. The predicted octanol–water partition coefficient (Wildman–Crippen LogP) is -0.0430. The van der Waals surface area contributed by atoms with Crippen molar-refractivity contribution in [2.45, 2.75) is 11.3 Å². The third-order valence-electron chi connectivity index (χ3n) is 2.41. The molecule has 2 aromatic heterocycles. The maximum Gasteiger partial charge on any atom is 0.352 e. The zero-order chi connectivity index (χ0) is 13.9. The fourth-order valence-electron chi connectivity index (χ4n) is 1.47. The Balaban J connectivity index is 1.99. The number of carboxylic acid groups (broad SMARTS) is 1. The topological polar surface area (TPSA) is 128 Å². The lowest BCUT2D eigenvalue weighted by Gasteiger charge is -2.03. The number of rotatable bonds is 6. The van der Waals surface area contributed by atoms with Gasteiger partial charge in [0.2, 0.25) is 10.0 Å². The molecule has 0 unspecified atom stereocenters. The Morgan fingerprint density at radius 2 is 2.21 bits per heavy atom. The van der Waals surface area contributed by atoms with Crippen LogP contribution in [0.15, 0.2) is 29.6 Å². The number of H-pyrrole nitrogens is 2. The molecule has 0 aliphatic carbocycles. The number of imidazole rings is 1. The van der Waals surface area contributed by atoms with E-state index in [2.05, 4.69) is 19.7 Å². The van der Waals surface area contributed by atoms with Gasteiger partial charge in [0.15, 0.2) is 0 Å². The van der Waals surface area contributed by atoms with Crippen LogP contribution in [-0.2, 0) is 16.4 Å². The summed E-state index contributed by atoms with van der Waals surface area (Å²) in [6.07, 6.45) is 4.78. The SMILES string of the molecule is O=C(O)c1cc(S(=O)(=O)NCCc2ncc[nH]2)c[nH]1. The summed E-state index contributed by atoms with van der Waals surface area (Å²) in [5.41, 5.74) is -0.175. The van der Waals surface area contributed by atoms with E-state index in [4.69, 9.17) is 5.11 Å². The maximum atomic E-state index is 11.8. The lowest BCUT2D eigenvalue weighted by Crippen LogP contribution is -2.25. The average Bonchev–Trinajstić information content (AvgIpc) is 2.99. The van der Waals surface area contributed by atoms with Crippen LogP contribution in [0.3, 0.4) is 0 Å². The van der Waals surface area contributed by atoms with Gasteiger partial charge in [0.05, 0.1) is 0 Å². The highest BCUT2D eigenvalue weighted by Crippen LogP contribution is 2.10. The monoisotopic (exact) mass is 284 g/mol. The van der Waals surface area contributed by atoms with Crippen molar-refractivity contribution in [2.24, 2.45) is 0 Å². The first kappa shape index (κ1) is 13.3. The van der Waals surface area contributed by atoms with E-state index in [1.807, 2.05) is 0 Å². The van der Waals surface area contributed by atoms with Gasteiger partial charge in [-0.05, 0) is 6.07 Å². The molecule has 0 atom stereocenters. The van der Waals surface area contributed by atoms with Gasteiger partial charge >= 0.3 is 5.97 Å². The van der Waals surface area contributed by atoms with Crippen LogP contribution >= 0.6 is 0 Å². The largest absolute Gasteiger partial charge is 0.477 e. The number of aromatic amines is 2. The van der Waals surface area contributed by atoms with Crippen LogP contribution in [0.2, 0.25) is 0 Å². The van der Waals surface area contributed by atoms with E-state index in [9.17, 15) is 13.2 Å². The molecule has 4 N–H and O–H groups in total. The molecule has 0 bridgehead atoms.